The number of carboxylic acid groups (broad SMARTS) is 1. The van der Waals surface area contributed by atoms with Crippen molar-refractivity contribution in [3.05, 3.63) is 35.5 Å². The van der Waals surface area contributed by atoms with Gasteiger partial charge in [-0.25, -0.2) is 9.78 Å². The number of carboxylic acids is 1. The zero-order chi connectivity index (χ0) is 12.0. The highest BCUT2D eigenvalue weighted by Crippen LogP contribution is 2.45. The highest BCUT2D eigenvalue weighted by atomic mass is 16.4. The third-order valence-corrected chi connectivity index (χ3v) is 3.07. The summed E-state index contributed by atoms with van der Waals surface area (Å²) >= 11 is 0. The van der Waals surface area contributed by atoms with Crippen molar-refractivity contribution in [2.24, 2.45) is 0 Å². The van der Waals surface area contributed by atoms with E-state index in [4.69, 9.17) is 0 Å². The van der Waals surface area contributed by atoms with Crippen LogP contribution in [0, 0.1) is 0 Å². The van der Waals surface area contributed by atoms with E-state index in [1.54, 1.807) is 18.2 Å². The Labute approximate surface area is 97.5 Å². The molecule has 4 heteroatoms. The summed E-state index contributed by atoms with van der Waals surface area (Å²) in [7, 11) is 0. The average molecular weight is 229 g/mol. The maximum atomic E-state index is 11.2. The van der Waals surface area contributed by atoms with Crippen LogP contribution in [0.2, 0.25) is 0 Å². The van der Waals surface area contributed by atoms with Crippen molar-refractivity contribution in [2.75, 3.05) is 0 Å². The molecule has 0 aliphatic heterocycles. The van der Waals surface area contributed by atoms with E-state index >= 15 is 0 Å². The van der Waals surface area contributed by atoms with Crippen molar-refractivity contribution < 1.29 is 15.0 Å². The molecule has 0 saturated heterocycles. The summed E-state index contributed by atoms with van der Waals surface area (Å²) in [5.41, 5.74) is 1.13. The fourth-order valence-electron chi connectivity index (χ4n) is 2.08. The minimum atomic E-state index is -1.11. The van der Waals surface area contributed by atoms with Crippen LogP contribution in [0.1, 0.15) is 34.8 Å². The number of aromatic nitrogens is 1. The molecule has 0 radical (unpaired) electrons. The summed E-state index contributed by atoms with van der Waals surface area (Å²) in [6.07, 6.45) is 1.94. The van der Waals surface area contributed by atoms with Crippen LogP contribution in [-0.4, -0.2) is 21.2 Å². The molecule has 17 heavy (non-hydrogen) atoms. The van der Waals surface area contributed by atoms with Gasteiger partial charge < -0.3 is 10.2 Å². The van der Waals surface area contributed by atoms with Crippen LogP contribution in [0.5, 0.6) is 5.75 Å². The van der Waals surface area contributed by atoms with Crippen molar-refractivity contribution in [3.63, 3.8) is 0 Å². The molecule has 1 aliphatic rings. The molecule has 1 fully saturated rings. The lowest BCUT2D eigenvalue weighted by molar-refractivity contribution is 0.0695. The number of carbonyl (C=O) groups is 1. The molecule has 1 heterocycles. The van der Waals surface area contributed by atoms with E-state index in [0.29, 0.717) is 16.6 Å². The zero-order valence-corrected chi connectivity index (χ0v) is 9.05. The van der Waals surface area contributed by atoms with Gasteiger partial charge in [-0.05, 0) is 18.9 Å². The number of rotatable bonds is 2. The highest BCUT2D eigenvalue weighted by Gasteiger charge is 2.31. The molecule has 2 aromatic rings. The second-order valence-electron chi connectivity index (χ2n) is 4.32. The number of para-hydroxylation sites is 1. The molecule has 0 bridgehead atoms. The molecule has 2 N–H and O–H groups in total. The molecule has 1 saturated carbocycles. The third-order valence-electron chi connectivity index (χ3n) is 3.07. The number of aromatic carboxylic acids is 1. The predicted octanol–water partition coefficient (Wildman–Crippen LogP) is 2.52. The van der Waals surface area contributed by atoms with E-state index in [1.807, 2.05) is 6.07 Å². The summed E-state index contributed by atoms with van der Waals surface area (Å²) in [6.45, 7) is 0. The van der Waals surface area contributed by atoms with Crippen molar-refractivity contribution >= 4 is 16.9 Å². The second-order valence-corrected chi connectivity index (χ2v) is 4.32. The van der Waals surface area contributed by atoms with Gasteiger partial charge >= 0.3 is 5.97 Å². The van der Waals surface area contributed by atoms with Gasteiger partial charge in [0.05, 0.1) is 11.2 Å². The minimum absolute atomic E-state index is 0.0301. The van der Waals surface area contributed by atoms with Gasteiger partial charge in [-0.1, -0.05) is 18.2 Å². The van der Waals surface area contributed by atoms with Gasteiger partial charge in [0, 0.05) is 11.3 Å². The van der Waals surface area contributed by atoms with Crippen LogP contribution in [0.3, 0.4) is 0 Å². The topological polar surface area (TPSA) is 70.4 Å². The van der Waals surface area contributed by atoms with Crippen molar-refractivity contribution in [1.82, 2.24) is 4.98 Å². The lowest BCUT2D eigenvalue weighted by Crippen LogP contribution is -2.02. The Bertz CT molecular complexity index is 617. The SMILES string of the molecule is O=C(O)c1c(O)c(C2CC2)nc2ccccc12. The van der Waals surface area contributed by atoms with Crippen molar-refractivity contribution in [3.8, 4) is 5.75 Å². The summed E-state index contributed by atoms with van der Waals surface area (Å²) in [5, 5.41) is 19.7. The van der Waals surface area contributed by atoms with Crippen LogP contribution >= 0.6 is 0 Å². The van der Waals surface area contributed by atoms with E-state index in [0.717, 1.165) is 12.8 Å². The molecule has 1 aliphatic carbocycles. The first-order valence-corrected chi connectivity index (χ1v) is 5.53. The zero-order valence-electron chi connectivity index (χ0n) is 9.05. The van der Waals surface area contributed by atoms with Crippen LogP contribution in [-0.2, 0) is 0 Å². The number of pyridine rings is 1. The van der Waals surface area contributed by atoms with E-state index in [2.05, 4.69) is 4.98 Å². The molecular formula is C13H11NO3. The summed E-state index contributed by atoms with van der Waals surface area (Å²) in [6, 6.07) is 7.00. The minimum Gasteiger partial charge on any atom is -0.505 e. The first-order chi connectivity index (χ1) is 8.18. The molecule has 4 nitrogen and oxygen atoms in total. The van der Waals surface area contributed by atoms with Crippen LogP contribution in [0.25, 0.3) is 10.9 Å². The lowest BCUT2D eigenvalue weighted by Gasteiger charge is -2.09. The Morgan fingerprint density at radius 3 is 2.65 bits per heavy atom. The monoisotopic (exact) mass is 229 g/mol. The smallest absolute Gasteiger partial charge is 0.340 e. The predicted molar refractivity (Wildman–Crippen MR) is 62.3 cm³/mol. The maximum Gasteiger partial charge on any atom is 0.340 e. The Morgan fingerprint density at radius 1 is 1.29 bits per heavy atom. The Hall–Kier alpha value is -2.10. The van der Waals surface area contributed by atoms with Crippen molar-refractivity contribution in [2.45, 2.75) is 18.8 Å². The van der Waals surface area contributed by atoms with Crippen molar-refractivity contribution in [1.29, 1.82) is 0 Å². The van der Waals surface area contributed by atoms with Gasteiger partial charge in [0.1, 0.15) is 5.56 Å². The number of nitrogens with zero attached hydrogens (tertiary/aromatic N) is 1. The highest BCUT2D eigenvalue weighted by molar-refractivity contribution is 6.05. The summed E-state index contributed by atoms with van der Waals surface area (Å²) in [5.74, 6) is -1.06. The maximum absolute atomic E-state index is 11.2. The first-order valence-electron chi connectivity index (χ1n) is 5.53. The van der Waals surface area contributed by atoms with Gasteiger partial charge in [-0.15, -0.1) is 0 Å². The van der Waals surface area contributed by atoms with Crippen LogP contribution < -0.4 is 0 Å². The van der Waals surface area contributed by atoms with Gasteiger partial charge in [0.25, 0.3) is 0 Å². The van der Waals surface area contributed by atoms with Gasteiger partial charge in [-0.2, -0.15) is 0 Å². The number of hydrogen-bond donors (Lipinski definition) is 2. The number of aromatic hydroxyl groups is 1. The van der Waals surface area contributed by atoms with E-state index in [1.165, 1.54) is 0 Å². The van der Waals surface area contributed by atoms with Gasteiger partial charge in [-0.3, -0.25) is 0 Å². The van der Waals surface area contributed by atoms with E-state index in [9.17, 15) is 15.0 Å². The first kappa shape index (κ1) is 10.1. The molecular weight excluding hydrogens is 218 g/mol. The molecule has 0 atom stereocenters. The number of fused-ring (bicyclic) bond motifs is 1. The second kappa shape index (κ2) is 3.45. The molecule has 1 aromatic carbocycles. The molecule has 0 spiro atoms. The van der Waals surface area contributed by atoms with Crippen LogP contribution in [0.4, 0.5) is 0 Å². The fraction of sp³-hybridized carbons (Fsp3) is 0.231. The number of benzene rings is 1. The van der Waals surface area contributed by atoms with Crippen LogP contribution in [0.15, 0.2) is 24.3 Å². The summed E-state index contributed by atoms with van der Waals surface area (Å²) in [4.78, 5) is 15.6. The fourth-order valence-corrected chi connectivity index (χ4v) is 2.08. The van der Waals surface area contributed by atoms with E-state index < -0.39 is 5.97 Å². The molecule has 3 rings (SSSR count). The quantitative estimate of drug-likeness (QED) is 0.830. The van der Waals surface area contributed by atoms with Gasteiger partial charge in [0.15, 0.2) is 5.75 Å². The third kappa shape index (κ3) is 1.53. The Morgan fingerprint density at radius 2 is 2.00 bits per heavy atom. The summed E-state index contributed by atoms with van der Waals surface area (Å²) < 4.78 is 0. The van der Waals surface area contributed by atoms with E-state index in [-0.39, 0.29) is 17.2 Å². The molecule has 0 amide bonds. The largest absolute Gasteiger partial charge is 0.505 e. The standard InChI is InChI=1S/C13H11NO3/c15-12-10(13(16)17)8-3-1-2-4-9(8)14-11(12)7-5-6-7/h1-4,7,15H,5-6H2,(H,16,17). The molecule has 1 aromatic heterocycles. The number of hydrogen-bond acceptors (Lipinski definition) is 3. The normalized spacial score (nSPS) is 15.1. The average Bonchev–Trinajstić information content (AvgIpc) is 3.11. The molecule has 86 valence electrons. The Balaban J connectivity index is 2.38. The Kier molecular flexibility index (Phi) is 2.04. The molecule has 0 unspecified atom stereocenters. The lowest BCUT2D eigenvalue weighted by atomic mass is 10.0. The van der Waals surface area contributed by atoms with Gasteiger partial charge in [0.2, 0.25) is 0 Å².